The van der Waals surface area contributed by atoms with Gasteiger partial charge in [-0.15, -0.1) is 0 Å². The Morgan fingerprint density at radius 1 is 1.56 bits per heavy atom. The summed E-state index contributed by atoms with van der Waals surface area (Å²) in [6, 6.07) is 3.66. The predicted octanol–water partition coefficient (Wildman–Crippen LogP) is 1.01. The van der Waals surface area contributed by atoms with Crippen molar-refractivity contribution in [2.75, 3.05) is 26.3 Å². The van der Waals surface area contributed by atoms with Gasteiger partial charge in [0.15, 0.2) is 0 Å². The summed E-state index contributed by atoms with van der Waals surface area (Å²) in [5.41, 5.74) is -0.0831. The van der Waals surface area contributed by atoms with E-state index in [-0.39, 0.29) is 11.4 Å². The highest BCUT2D eigenvalue weighted by molar-refractivity contribution is 5.78. The molecule has 1 aliphatic rings. The number of nitrogens with one attached hydrogen (secondary N) is 1. The van der Waals surface area contributed by atoms with E-state index in [1.54, 1.807) is 6.26 Å². The highest BCUT2D eigenvalue weighted by Crippen LogP contribution is 2.18. The van der Waals surface area contributed by atoms with E-state index in [9.17, 15) is 4.79 Å². The molecule has 2 heterocycles. The SMILES string of the molecule is CC1(C)COCCN1CC(=O)NCc1ccco1. The maximum atomic E-state index is 11.9. The third-order valence-corrected chi connectivity index (χ3v) is 3.19. The van der Waals surface area contributed by atoms with Gasteiger partial charge in [-0.05, 0) is 26.0 Å². The molecule has 0 saturated carbocycles. The van der Waals surface area contributed by atoms with Crippen LogP contribution in [-0.2, 0) is 16.1 Å². The monoisotopic (exact) mass is 252 g/mol. The van der Waals surface area contributed by atoms with Gasteiger partial charge in [0.2, 0.25) is 5.91 Å². The van der Waals surface area contributed by atoms with Gasteiger partial charge in [0.25, 0.3) is 0 Å². The molecule has 1 aromatic rings. The van der Waals surface area contributed by atoms with Crippen molar-refractivity contribution < 1.29 is 13.9 Å². The van der Waals surface area contributed by atoms with E-state index in [0.29, 0.717) is 26.3 Å². The zero-order valence-electron chi connectivity index (χ0n) is 10.9. The van der Waals surface area contributed by atoms with E-state index in [2.05, 4.69) is 24.1 Å². The largest absolute Gasteiger partial charge is 0.467 e. The van der Waals surface area contributed by atoms with Crippen molar-refractivity contribution in [1.29, 1.82) is 0 Å². The first kappa shape index (κ1) is 13.1. The van der Waals surface area contributed by atoms with E-state index in [1.807, 2.05) is 12.1 Å². The lowest BCUT2D eigenvalue weighted by atomic mass is 10.0. The number of carbonyl (C=O) groups is 1. The molecule has 1 aliphatic heterocycles. The summed E-state index contributed by atoms with van der Waals surface area (Å²) in [7, 11) is 0. The molecule has 5 nitrogen and oxygen atoms in total. The first-order valence-corrected chi connectivity index (χ1v) is 6.20. The Morgan fingerprint density at radius 3 is 3.06 bits per heavy atom. The van der Waals surface area contributed by atoms with Crippen LogP contribution in [0.5, 0.6) is 0 Å². The molecule has 0 radical (unpaired) electrons. The van der Waals surface area contributed by atoms with Crippen LogP contribution in [0.15, 0.2) is 22.8 Å². The van der Waals surface area contributed by atoms with Gasteiger partial charge < -0.3 is 14.5 Å². The second-order valence-electron chi connectivity index (χ2n) is 5.14. The summed E-state index contributed by atoms with van der Waals surface area (Å²) in [4.78, 5) is 14.0. The van der Waals surface area contributed by atoms with E-state index in [0.717, 1.165) is 12.3 Å². The van der Waals surface area contributed by atoms with Crippen molar-refractivity contribution >= 4 is 5.91 Å². The summed E-state index contributed by atoms with van der Waals surface area (Å²) in [5.74, 6) is 0.783. The fraction of sp³-hybridized carbons (Fsp3) is 0.615. The minimum absolute atomic E-state index is 0.0152. The molecule has 1 fully saturated rings. The van der Waals surface area contributed by atoms with Crippen molar-refractivity contribution in [1.82, 2.24) is 10.2 Å². The molecule has 2 rings (SSSR count). The van der Waals surface area contributed by atoms with Crippen molar-refractivity contribution in [3.8, 4) is 0 Å². The molecular weight excluding hydrogens is 232 g/mol. The number of rotatable bonds is 4. The van der Waals surface area contributed by atoms with Crippen LogP contribution < -0.4 is 5.32 Å². The molecule has 1 saturated heterocycles. The average Bonchev–Trinajstić information content (AvgIpc) is 2.82. The normalized spacial score (nSPS) is 19.7. The molecular formula is C13H20N2O3. The Hall–Kier alpha value is -1.33. The molecule has 0 aromatic carbocycles. The Balaban J connectivity index is 1.79. The topological polar surface area (TPSA) is 54.7 Å². The third-order valence-electron chi connectivity index (χ3n) is 3.19. The zero-order chi connectivity index (χ0) is 13.0. The lowest BCUT2D eigenvalue weighted by molar-refractivity contribution is -0.127. The number of furan rings is 1. The lowest BCUT2D eigenvalue weighted by Crippen LogP contribution is -2.55. The van der Waals surface area contributed by atoms with Gasteiger partial charge in [-0.2, -0.15) is 0 Å². The van der Waals surface area contributed by atoms with Gasteiger partial charge in [-0.1, -0.05) is 0 Å². The Kier molecular flexibility index (Phi) is 4.04. The molecule has 1 amide bonds. The molecule has 0 atom stereocenters. The summed E-state index contributed by atoms with van der Waals surface area (Å²) in [6.07, 6.45) is 1.60. The van der Waals surface area contributed by atoms with E-state index in [1.165, 1.54) is 0 Å². The maximum absolute atomic E-state index is 11.9. The van der Waals surface area contributed by atoms with Crippen LogP contribution in [0, 0.1) is 0 Å². The minimum atomic E-state index is -0.0831. The van der Waals surface area contributed by atoms with Gasteiger partial charge in [-0.25, -0.2) is 0 Å². The second kappa shape index (κ2) is 5.54. The van der Waals surface area contributed by atoms with Gasteiger partial charge in [0, 0.05) is 12.1 Å². The molecule has 1 N–H and O–H groups in total. The van der Waals surface area contributed by atoms with Gasteiger partial charge in [-0.3, -0.25) is 9.69 Å². The minimum Gasteiger partial charge on any atom is -0.467 e. The highest BCUT2D eigenvalue weighted by Gasteiger charge is 2.31. The number of amides is 1. The quantitative estimate of drug-likeness (QED) is 0.869. The maximum Gasteiger partial charge on any atom is 0.234 e. The van der Waals surface area contributed by atoms with E-state index >= 15 is 0 Å². The van der Waals surface area contributed by atoms with Crippen LogP contribution in [-0.4, -0.2) is 42.6 Å². The van der Waals surface area contributed by atoms with Crippen molar-refractivity contribution in [3.63, 3.8) is 0 Å². The summed E-state index contributed by atoms with van der Waals surface area (Å²) < 4.78 is 10.6. The van der Waals surface area contributed by atoms with Gasteiger partial charge in [0.1, 0.15) is 5.76 Å². The smallest absolute Gasteiger partial charge is 0.234 e. The Labute approximate surface area is 107 Å². The average molecular weight is 252 g/mol. The summed E-state index contributed by atoms with van der Waals surface area (Å²) in [5, 5.41) is 2.85. The fourth-order valence-corrected chi connectivity index (χ4v) is 2.01. The van der Waals surface area contributed by atoms with E-state index in [4.69, 9.17) is 9.15 Å². The number of carbonyl (C=O) groups excluding carboxylic acids is 1. The van der Waals surface area contributed by atoms with Crippen LogP contribution in [0.25, 0.3) is 0 Å². The second-order valence-corrected chi connectivity index (χ2v) is 5.14. The van der Waals surface area contributed by atoms with Crippen molar-refractivity contribution in [3.05, 3.63) is 24.2 Å². The van der Waals surface area contributed by atoms with Gasteiger partial charge >= 0.3 is 0 Å². The molecule has 5 heteroatoms. The molecule has 1 aromatic heterocycles. The molecule has 18 heavy (non-hydrogen) atoms. The molecule has 100 valence electrons. The van der Waals surface area contributed by atoms with Gasteiger partial charge in [0.05, 0.1) is 32.6 Å². The number of morpholine rings is 1. The van der Waals surface area contributed by atoms with Crippen molar-refractivity contribution in [2.24, 2.45) is 0 Å². The van der Waals surface area contributed by atoms with Crippen LogP contribution in [0.1, 0.15) is 19.6 Å². The number of hydrogen-bond acceptors (Lipinski definition) is 4. The summed E-state index contributed by atoms with van der Waals surface area (Å²) >= 11 is 0. The number of hydrogen-bond donors (Lipinski definition) is 1. The third kappa shape index (κ3) is 3.34. The highest BCUT2D eigenvalue weighted by atomic mass is 16.5. The molecule has 0 aliphatic carbocycles. The standard InChI is InChI=1S/C13H20N2O3/c1-13(2)10-17-7-5-15(13)9-12(16)14-8-11-4-3-6-18-11/h3-4,6H,5,7-10H2,1-2H3,(H,14,16). The van der Waals surface area contributed by atoms with Crippen LogP contribution in [0.3, 0.4) is 0 Å². The predicted molar refractivity (Wildman–Crippen MR) is 67.0 cm³/mol. The number of nitrogens with zero attached hydrogens (tertiary/aromatic N) is 1. The zero-order valence-corrected chi connectivity index (χ0v) is 10.9. The van der Waals surface area contributed by atoms with Crippen LogP contribution >= 0.6 is 0 Å². The van der Waals surface area contributed by atoms with E-state index < -0.39 is 0 Å². The Morgan fingerprint density at radius 2 is 2.39 bits per heavy atom. The summed E-state index contributed by atoms with van der Waals surface area (Å²) in [6.45, 7) is 7.17. The molecule has 0 bridgehead atoms. The van der Waals surface area contributed by atoms with Crippen LogP contribution in [0.4, 0.5) is 0 Å². The Bertz CT molecular complexity index is 387. The molecule has 0 unspecified atom stereocenters. The first-order chi connectivity index (χ1) is 8.58. The van der Waals surface area contributed by atoms with Crippen LogP contribution in [0.2, 0.25) is 0 Å². The lowest BCUT2D eigenvalue weighted by Gasteiger charge is -2.41. The fourth-order valence-electron chi connectivity index (χ4n) is 2.01. The number of ether oxygens (including phenoxy) is 1. The van der Waals surface area contributed by atoms with Crippen molar-refractivity contribution in [2.45, 2.75) is 25.9 Å². The first-order valence-electron chi connectivity index (χ1n) is 6.20. The molecule has 0 spiro atoms.